The van der Waals surface area contributed by atoms with E-state index >= 15 is 0 Å². The van der Waals surface area contributed by atoms with Crippen LogP contribution in [-0.4, -0.2) is 29.2 Å². The number of hydrogen-bond donors (Lipinski definition) is 2. The Morgan fingerprint density at radius 2 is 1.64 bits per heavy atom. The molecule has 0 unspecified atom stereocenters. The average molecular weight is 526 g/mol. The number of amides is 1. The molecule has 0 bridgehead atoms. The van der Waals surface area contributed by atoms with Gasteiger partial charge in [0.15, 0.2) is 0 Å². The third-order valence-corrected chi connectivity index (χ3v) is 6.33. The number of para-hydroxylation sites is 1. The lowest BCUT2D eigenvalue weighted by Crippen LogP contribution is -2.15. The molecule has 0 spiro atoms. The molecule has 4 rings (SSSR count). The Morgan fingerprint density at radius 3 is 2.31 bits per heavy atom. The fourth-order valence-corrected chi connectivity index (χ4v) is 4.17. The molecule has 0 aliphatic rings. The van der Waals surface area contributed by atoms with E-state index in [0.29, 0.717) is 5.69 Å². The Kier molecular flexibility index (Phi) is 7.08. The van der Waals surface area contributed by atoms with Gasteiger partial charge in [0, 0.05) is 30.2 Å². The average Bonchev–Trinajstić information content (AvgIpc) is 2.86. The minimum atomic E-state index is -3.93. The van der Waals surface area contributed by atoms with E-state index in [9.17, 15) is 23.3 Å². The molecule has 13 heteroatoms. The third-order valence-electron chi connectivity index (χ3n) is 4.69. The fraction of sp³-hybridized carbons (Fsp3) is 0. The Labute approximate surface area is 209 Å². The maximum absolute atomic E-state index is 12.9. The van der Waals surface area contributed by atoms with Crippen molar-refractivity contribution in [2.24, 2.45) is 0 Å². The predicted molar refractivity (Wildman–Crippen MR) is 132 cm³/mol. The summed E-state index contributed by atoms with van der Waals surface area (Å²) < 4.78 is 33.0. The largest absolute Gasteiger partial charge is 0.455 e. The van der Waals surface area contributed by atoms with Gasteiger partial charge in [-0.1, -0.05) is 23.7 Å². The molecule has 0 aliphatic carbocycles. The van der Waals surface area contributed by atoms with E-state index in [-0.39, 0.29) is 38.6 Å². The molecule has 11 nitrogen and oxygen atoms in total. The molecule has 3 aromatic carbocycles. The summed E-state index contributed by atoms with van der Waals surface area (Å²) in [5, 5.41) is 13.6. The second-order valence-corrected chi connectivity index (χ2v) is 9.22. The first-order chi connectivity index (χ1) is 17.2. The molecule has 0 saturated heterocycles. The monoisotopic (exact) mass is 525 g/mol. The van der Waals surface area contributed by atoms with Crippen molar-refractivity contribution in [3.8, 4) is 11.5 Å². The van der Waals surface area contributed by atoms with Gasteiger partial charge in [0.25, 0.3) is 21.6 Å². The Balaban J connectivity index is 1.49. The van der Waals surface area contributed by atoms with Crippen molar-refractivity contribution in [2.75, 3.05) is 10.0 Å². The van der Waals surface area contributed by atoms with Crippen LogP contribution in [0.3, 0.4) is 0 Å². The number of carbonyl (C=O) groups is 1. The number of benzene rings is 3. The van der Waals surface area contributed by atoms with Crippen molar-refractivity contribution in [2.45, 2.75) is 4.90 Å². The van der Waals surface area contributed by atoms with Crippen LogP contribution in [0.25, 0.3) is 0 Å². The van der Waals surface area contributed by atoms with E-state index in [1.54, 1.807) is 24.3 Å². The zero-order chi connectivity index (χ0) is 25.7. The third kappa shape index (κ3) is 5.74. The Bertz CT molecular complexity index is 1530. The Hall–Kier alpha value is -4.55. The molecule has 1 amide bonds. The summed E-state index contributed by atoms with van der Waals surface area (Å²) in [5.41, 5.74) is 0.292. The van der Waals surface area contributed by atoms with Gasteiger partial charge in [0.2, 0.25) is 5.95 Å². The molecule has 0 fully saturated rings. The van der Waals surface area contributed by atoms with E-state index in [1.807, 2.05) is 0 Å². The molecular formula is C23H16ClN5O6S. The molecule has 1 aromatic heterocycles. The van der Waals surface area contributed by atoms with Crippen LogP contribution in [0.15, 0.2) is 90.1 Å². The van der Waals surface area contributed by atoms with Gasteiger partial charge in [0.05, 0.1) is 20.4 Å². The van der Waals surface area contributed by atoms with Crippen molar-refractivity contribution in [3.63, 3.8) is 0 Å². The highest BCUT2D eigenvalue weighted by atomic mass is 35.5. The summed E-state index contributed by atoms with van der Waals surface area (Å²) in [4.78, 5) is 30.8. The zero-order valence-corrected chi connectivity index (χ0v) is 19.7. The number of nitro benzene ring substituents is 1. The number of sulfonamides is 1. The van der Waals surface area contributed by atoms with Gasteiger partial charge in [-0.25, -0.2) is 23.1 Å². The quantitative estimate of drug-likeness (QED) is 0.243. The van der Waals surface area contributed by atoms with Crippen LogP contribution in [0, 0.1) is 10.1 Å². The summed E-state index contributed by atoms with van der Waals surface area (Å²) in [6, 6.07) is 17.1. The molecule has 0 atom stereocenters. The topological polar surface area (TPSA) is 153 Å². The maximum atomic E-state index is 12.9. The van der Waals surface area contributed by atoms with E-state index in [1.165, 1.54) is 54.9 Å². The molecule has 36 heavy (non-hydrogen) atoms. The first-order valence-electron chi connectivity index (χ1n) is 10.1. The molecule has 2 N–H and O–H groups in total. The van der Waals surface area contributed by atoms with E-state index < -0.39 is 20.9 Å². The number of anilines is 2. The zero-order valence-electron chi connectivity index (χ0n) is 18.2. The number of nitrogens with zero attached hydrogens (tertiary/aromatic N) is 3. The molecule has 4 aromatic rings. The second-order valence-electron chi connectivity index (χ2n) is 7.13. The highest BCUT2D eigenvalue weighted by molar-refractivity contribution is 7.92. The van der Waals surface area contributed by atoms with Crippen molar-refractivity contribution in [3.05, 3.63) is 106 Å². The minimum Gasteiger partial charge on any atom is -0.455 e. The van der Waals surface area contributed by atoms with Crippen LogP contribution in [0.1, 0.15) is 10.4 Å². The van der Waals surface area contributed by atoms with Crippen LogP contribution in [-0.2, 0) is 10.0 Å². The Morgan fingerprint density at radius 1 is 0.944 bits per heavy atom. The standard InChI is InChI=1S/C23H16ClN5O6S/c24-19-14-16(29(31)32)8-11-21(19)35-20-5-2-1-4-18(20)22(30)27-15-6-9-17(10-7-15)36(33,34)28-23-25-12-3-13-26-23/h1-14H,(H,27,30)(H,25,26,28). The van der Waals surface area contributed by atoms with E-state index in [4.69, 9.17) is 16.3 Å². The number of nitrogens with one attached hydrogen (secondary N) is 2. The van der Waals surface area contributed by atoms with E-state index in [0.717, 1.165) is 6.07 Å². The molecule has 1 heterocycles. The van der Waals surface area contributed by atoms with Gasteiger partial charge in [-0.05, 0) is 48.5 Å². The number of aromatic nitrogens is 2. The minimum absolute atomic E-state index is 0.00530. The molecule has 0 aliphatic heterocycles. The smallest absolute Gasteiger partial charge is 0.271 e. The molecule has 182 valence electrons. The second kappa shape index (κ2) is 10.4. The number of rotatable bonds is 8. The highest BCUT2D eigenvalue weighted by Crippen LogP contribution is 2.34. The maximum Gasteiger partial charge on any atom is 0.271 e. The number of non-ortho nitro benzene ring substituents is 1. The van der Waals surface area contributed by atoms with Gasteiger partial charge in [0.1, 0.15) is 11.5 Å². The van der Waals surface area contributed by atoms with Gasteiger partial charge in [-0.15, -0.1) is 0 Å². The lowest BCUT2D eigenvalue weighted by Gasteiger charge is -2.13. The van der Waals surface area contributed by atoms with Gasteiger partial charge in [-0.2, -0.15) is 0 Å². The number of ether oxygens (including phenoxy) is 1. The SMILES string of the molecule is O=C(Nc1ccc(S(=O)(=O)Nc2ncccn2)cc1)c1ccccc1Oc1ccc([N+](=O)[O-])cc1Cl. The first-order valence-corrected chi connectivity index (χ1v) is 12.0. The summed E-state index contributed by atoms with van der Waals surface area (Å²) in [6.45, 7) is 0. The van der Waals surface area contributed by atoms with Crippen LogP contribution in [0.4, 0.5) is 17.3 Å². The summed E-state index contributed by atoms with van der Waals surface area (Å²) in [5.74, 6) is -0.307. The van der Waals surface area contributed by atoms with Gasteiger partial charge < -0.3 is 10.1 Å². The van der Waals surface area contributed by atoms with E-state index in [2.05, 4.69) is 20.0 Å². The fourth-order valence-electron chi connectivity index (χ4n) is 2.99. The number of carbonyl (C=O) groups excluding carboxylic acids is 1. The summed E-state index contributed by atoms with van der Waals surface area (Å²) >= 11 is 6.10. The molecule has 0 radical (unpaired) electrons. The van der Waals surface area contributed by atoms with Crippen LogP contribution in [0.5, 0.6) is 11.5 Å². The number of nitro groups is 1. The lowest BCUT2D eigenvalue weighted by atomic mass is 10.1. The molecular weight excluding hydrogens is 510 g/mol. The van der Waals surface area contributed by atoms with Crippen molar-refractivity contribution >= 4 is 44.9 Å². The van der Waals surface area contributed by atoms with Gasteiger partial charge in [-0.3, -0.25) is 14.9 Å². The normalized spacial score (nSPS) is 10.9. The lowest BCUT2D eigenvalue weighted by molar-refractivity contribution is -0.384. The first kappa shape index (κ1) is 24.6. The summed E-state index contributed by atoms with van der Waals surface area (Å²) in [7, 11) is -3.93. The van der Waals surface area contributed by atoms with Crippen LogP contribution >= 0.6 is 11.6 Å². The number of hydrogen-bond acceptors (Lipinski definition) is 8. The van der Waals surface area contributed by atoms with Crippen molar-refractivity contribution < 1.29 is 22.9 Å². The number of halogens is 1. The van der Waals surface area contributed by atoms with Crippen LogP contribution in [0.2, 0.25) is 5.02 Å². The summed E-state index contributed by atoms with van der Waals surface area (Å²) in [6.07, 6.45) is 2.81. The van der Waals surface area contributed by atoms with Gasteiger partial charge >= 0.3 is 0 Å². The molecule has 0 saturated carbocycles. The van der Waals surface area contributed by atoms with Crippen LogP contribution < -0.4 is 14.8 Å². The predicted octanol–water partition coefficient (Wildman–Crippen LogP) is 4.88. The van der Waals surface area contributed by atoms with Crippen molar-refractivity contribution in [1.29, 1.82) is 0 Å². The highest BCUT2D eigenvalue weighted by Gasteiger charge is 2.18. The van der Waals surface area contributed by atoms with Crippen molar-refractivity contribution in [1.82, 2.24) is 9.97 Å².